The standard InChI is InChI=1S/C16H14Cl3N3OS/c1-20-16(24)22-21-8-10-3-2-4-11(7-10)23-9-12-13(17)5-6-14(18)15(12)19/h2-8H,9H2,1H3,(H2,20,22,24)/b21-8+. The van der Waals surface area contributed by atoms with Crippen LogP contribution < -0.4 is 15.5 Å². The molecule has 0 atom stereocenters. The topological polar surface area (TPSA) is 45.7 Å². The van der Waals surface area contributed by atoms with Gasteiger partial charge in [0.25, 0.3) is 0 Å². The summed E-state index contributed by atoms with van der Waals surface area (Å²) in [4.78, 5) is 0. The zero-order valence-corrected chi connectivity index (χ0v) is 15.7. The second-order valence-corrected chi connectivity index (χ2v) is 6.23. The zero-order valence-electron chi connectivity index (χ0n) is 12.6. The zero-order chi connectivity index (χ0) is 17.5. The minimum atomic E-state index is 0.209. The molecule has 2 aromatic rings. The van der Waals surface area contributed by atoms with E-state index in [4.69, 9.17) is 51.8 Å². The molecule has 126 valence electrons. The second kappa shape index (κ2) is 9.08. The van der Waals surface area contributed by atoms with Gasteiger partial charge in [0.2, 0.25) is 0 Å². The number of benzene rings is 2. The van der Waals surface area contributed by atoms with Crippen LogP contribution in [0, 0.1) is 0 Å². The monoisotopic (exact) mass is 401 g/mol. The molecule has 2 aromatic carbocycles. The molecule has 24 heavy (non-hydrogen) atoms. The molecule has 0 aromatic heterocycles. The molecule has 0 aliphatic rings. The van der Waals surface area contributed by atoms with Crippen molar-refractivity contribution < 1.29 is 4.74 Å². The van der Waals surface area contributed by atoms with Crippen molar-refractivity contribution in [3.05, 3.63) is 62.6 Å². The van der Waals surface area contributed by atoms with Crippen molar-refractivity contribution in [1.29, 1.82) is 0 Å². The summed E-state index contributed by atoms with van der Waals surface area (Å²) in [5, 5.41) is 8.55. The van der Waals surface area contributed by atoms with Gasteiger partial charge in [0, 0.05) is 17.6 Å². The fourth-order valence-corrected chi connectivity index (χ4v) is 2.47. The van der Waals surface area contributed by atoms with Gasteiger partial charge in [-0.1, -0.05) is 46.9 Å². The van der Waals surface area contributed by atoms with Crippen LogP contribution in [0.15, 0.2) is 41.5 Å². The number of nitrogens with zero attached hydrogens (tertiary/aromatic N) is 1. The van der Waals surface area contributed by atoms with Gasteiger partial charge in [-0.05, 0) is 42.0 Å². The van der Waals surface area contributed by atoms with Crippen LogP contribution in [-0.2, 0) is 6.61 Å². The number of nitrogens with one attached hydrogen (secondary N) is 2. The lowest BCUT2D eigenvalue weighted by molar-refractivity contribution is 0.306. The highest BCUT2D eigenvalue weighted by atomic mass is 35.5. The first-order valence-corrected chi connectivity index (χ1v) is 8.41. The third kappa shape index (κ3) is 5.24. The Kier molecular flexibility index (Phi) is 7.12. The fourth-order valence-electron chi connectivity index (χ4n) is 1.76. The number of hydrogen-bond acceptors (Lipinski definition) is 3. The summed E-state index contributed by atoms with van der Waals surface area (Å²) in [5.41, 5.74) is 4.17. The van der Waals surface area contributed by atoms with E-state index >= 15 is 0 Å². The molecular formula is C16H14Cl3N3OS. The van der Waals surface area contributed by atoms with Crippen LogP contribution in [0.5, 0.6) is 5.75 Å². The number of ether oxygens (including phenoxy) is 1. The van der Waals surface area contributed by atoms with E-state index in [1.54, 1.807) is 25.4 Å². The van der Waals surface area contributed by atoms with Crippen molar-refractivity contribution in [2.24, 2.45) is 5.10 Å². The van der Waals surface area contributed by atoms with Crippen LogP contribution in [0.2, 0.25) is 15.1 Å². The Morgan fingerprint density at radius 2 is 1.96 bits per heavy atom. The smallest absolute Gasteiger partial charge is 0.186 e. The van der Waals surface area contributed by atoms with Crippen molar-refractivity contribution in [2.75, 3.05) is 7.05 Å². The molecule has 0 unspecified atom stereocenters. The summed E-state index contributed by atoms with van der Waals surface area (Å²) in [6, 6.07) is 10.7. The Balaban J connectivity index is 2.05. The quantitative estimate of drug-likeness (QED) is 0.331. The van der Waals surface area contributed by atoms with Crippen LogP contribution in [0.1, 0.15) is 11.1 Å². The average Bonchev–Trinajstić information content (AvgIpc) is 2.58. The first-order valence-electron chi connectivity index (χ1n) is 6.87. The van der Waals surface area contributed by atoms with Crippen LogP contribution in [0.4, 0.5) is 0 Å². The Bertz CT molecular complexity index is 768. The third-order valence-corrected chi connectivity index (χ3v) is 4.48. The molecule has 0 saturated carbocycles. The molecule has 0 fully saturated rings. The summed E-state index contributed by atoms with van der Waals surface area (Å²) >= 11 is 23.2. The molecule has 2 rings (SSSR count). The summed E-state index contributed by atoms with van der Waals surface area (Å²) in [6.07, 6.45) is 1.63. The molecule has 0 spiro atoms. The Morgan fingerprint density at radius 1 is 1.21 bits per heavy atom. The van der Waals surface area contributed by atoms with E-state index in [9.17, 15) is 0 Å². The Morgan fingerprint density at radius 3 is 2.71 bits per heavy atom. The maximum atomic E-state index is 6.16. The van der Waals surface area contributed by atoms with Crippen molar-refractivity contribution in [2.45, 2.75) is 6.61 Å². The predicted molar refractivity (Wildman–Crippen MR) is 105 cm³/mol. The van der Waals surface area contributed by atoms with E-state index in [1.807, 2.05) is 24.3 Å². The molecule has 4 nitrogen and oxygen atoms in total. The van der Waals surface area contributed by atoms with Gasteiger partial charge in [0.1, 0.15) is 12.4 Å². The summed E-state index contributed by atoms with van der Waals surface area (Å²) < 4.78 is 5.75. The highest BCUT2D eigenvalue weighted by Crippen LogP contribution is 2.32. The molecular weight excluding hydrogens is 389 g/mol. The van der Waals surface area contributed by atoms with E-state index < -0.39 is 0 Å². The van der Waals surface area contributed by atoms with E-state index in [-0.39, 0.29) is 6.61 Å². The van der Waals surface area contributed by atoms with Crippen molar-refractivity contribution in [3.8, 4) is 5.75 Å². The van der Waals surface area contributed by atoms with Gasteiger partial charge in [0.15, 0.2) is 5.11 Å². The lowest BCUT2D eigenvalue weighted by Gasteiger charge is -2.11. The molecule has 0 amide bonds. The fraction of sp³-hybridized carbons (Fsp3) is 0.125. The van der Waals surface area contributed by atoms with Crippen LogP contribution in [-0.4, -0.2) is 18.4 Å². The largest absolute Gasteiger partial charge is 0.489 e. The van der Waals surface area contributed by atoms with E-state index in [0.29, 0.717) is 31.5 Å². The number of thiocarbonyl (C=S) groups is 1. The molecule has 0 radical (unpaired) electrons. The highest BCUT2D eigenvalue weighted by Gasteiger charge is 2.10. The normalized spacial score (nSPS) is 10.7. The molecule has 0 aliphatic carbocycles. The van der Waals surface area contributed by atoms with Gasteiger partial charge in [-0.3, -0.25) is 5.43 Å². The maximum Gasteiger partial charge on any atom is 0.186 e. The van der Waals surface area contributed by atoms with Gasteiger partial charge in [-0.15, -0.1) is 0 Å². The van der Waals surface area contributed by atoms with Gasteiger partial charge in [-0.25, -0.2) is 0 Å². The summed E-state index contributed by atoms with van der Waals surface area (Å²) in [5.74, 6) is 0.655. The SMILES string of the molecule is CNC(=S)N/N=C/c1cccc(OCc2c(Cl)ccc(Cl)c2Cl)c1. The van der Waals surface area contributed by atoms with E-state index in [0.717, 1.165) is 5.56 Å². The van der Waals surface area contributed by atoms with Gasteiger partial charge < -0.3 is 10.1 Å². The Hall–Kier alpha value is -1.53. The van der Waals surface area contributed by atoms with E-state index in [2.05, 4.69) is 15.8 Å². The number of rotatable bonds is 5. The van der Waals surface area contributed by atoms with Crippen molar-refractivity contribution in [1.82, 2.24) is 10.7 Å². The summed E-state index contributed by atoms with van der Waals surface area (Å²) in [6.45, 7) is 0.209. The van der Waals surface area contributed by atoms with Crippen LogP contribution in [0.3, 0.4) is 0 Å². The minimum Gasteiger partial charge on any atom is -0.489 e. The lowest BCUT2D eigenvalue weighted by Crippen LogP contribution is -2.28. The molecule has 0 aliphatic heterocycles. The summed E-state index contributed by atoms with van der Waals surface area (Å²) in [7, 11) is 1.71. The number of hydrazone groups is 1. The van der Waals surface area contributed by atoms with Crippen molar-refractivity contribution >= 4 is 58.3 Å². The first kappa shape index (κ1) is 18.8. The molecule has 8 heteroatoms. The van der Waals surface area contributed by atoms with Crippen LogP contribution >= 0.6 is 47.0 Å². The number of hydrogen-bond donors (Lipinski definition) is 2. The van der Waals surface area contributed by atoms with E-state index in [1.165, 1.54) is 0 Å². The van der Waals surface area contributed by atoms with Crippen LogP contribution in [0.25, 0.3) is 0 Å². The Labute approximate surface area is 160 Å². The molecule has 0 heterocycles. The molecule has 0 saturated heterocycles. The number of halogens is 3. The van der Waals surface area contributed by atoms with Gasteiger partial charge in [-0.2, -0.15) is 5.10 Å². The van der Waals surface area contributed by atoms with Gasteiger partial charge in [0.05, 0.1) is 16.3 Å². The molecule has 0 bridgehead atoms. The van der Waals surface area contributed by atoms with Gasteiger partial charge >= 0.3 is 0 Å². The lowest BCUT2D eigenvalue weighted by atomic mass is 10.2. The average molecular weight is 403 g/mol. The second-order valence-electron chi connectivity index (χ2n) is 4.63. The third-order valence-electron chi connectivity index (χ3n) is 2.99. The highest BCUT2D eigenvalue weighted by molar-refractivity contribution is 7.80. The van der Waals surface area contributed by atoms with Crippen molar-refractivity contribution in [3.63, 3.8) is 0 Å². The minimum absolute atomic E-state index is 0.209. The first-order chi connectivity index (χ1) is 11.5. The predicted octanol–water partition coefficient (Wildman–Crippen LogP) is 4.65. The molecule has 2 N–H and O–H groups in total. The maximum absolute atomic E-state index is 6.16.